The van der Waals surface area contributed by atoms with Crippen LogP contribution in [0, 0.1) is 5.82 Å². The van der Waals surface area contributed by atoms with Crippen molar-refractivity contribution in [2.24, 2.45) is 0 Å². The number of nitrogen functional groups attached to an aromatic ring is 1. The number of rotatable bonds is 6. The Kier molecular flexibility index (Phi) is 4.89. The maximum Gasteiger partial charge on any atom is 0.240 e. The van der Waals surface area contributed by atoms with Gasteiger partial charge in [0.1, 0.15) is 5.82 Å². The van der Waals surface area contributed by atoms with Gasteiger partial charge in [0.25, 0.3) is 0 Å². The van der Waals surface area contributed by atoms with Crippen molar-refractivity contribution < 1.29 is 17.9 Å². The predicted molar refractivity (Wildman–Crippen MR) is 71.5 cm³/mol. The molecule has 0 heterocycles. The van der Waals surface area contributed by atoms with E-state index in [9.17, 15) is 17.9 Å². The predicted octanol–water partition coefficient (Wildman–Crippen LogP) is 1.24. The molecular weight excluding hydrogens is 271 g/mol. The molecule has 0 amide bonds. The Morgan fingerprint density at radius 3 is 2.42 bits per heavy atom. The van der Waals surface area contributed by atoms with Crippen molar-refractivity contribution in [1.82, 2.24) is 4.72 Å². The fourth-order valence-electron chi connectivity index (χ4n) is 1.49. The summed E-state index contributed by atoms with van der Waals surface area (Å²) in [7, 11) is -3.86. The normalized spacial score (nSPS) is 12.6. The van der Waals surface area contributed by atoms with Crippen LogP contribution in [-0.2, 0) is 10.0 Å². The van der Waals surface area contributed by atoms with E-state index in [1.807, 2.05) is 0 Å². The molecule has 0 saturated heterocycles. The lowest BCUT2D eigenvalue weighted by molar-refractivity contribution is 0.0377. The van der Waals surface area contributed by atoms with Gasteiger partial charge in [-0.1, -0.05) is 13.8 Å². The van der Waals surface area contributed by atoms with Crippen molar-refractivity contribution in [2.45, 2.75) is 37.2 Å². The van der Waals surface area contributed by atoms with Gasteiger partial charge in [0.2, 0.25) is 10.0 Å². The van der Waals surface area contributed by atoms with Crippen LogP contribution in [0.2, 0.25) is 0 Å². The molecule has 1 aromatic carbocycles. The van der Waals surface area contributed by atoms with E-state index in [0.29, 0.717) is 12.8 Å². The summed E-state index contributed by atoms with van der Waals surface area (Å²) >= 11 is 0. The molecule has 5 nitrogen and oxygen atoms in total. The summed E-state index contributed by atoms with van der Waals surface area (Å²) in [4.78, 5) is -0.214. The Bertz CT molecular complexity index is 542. The second-order valence-corrected chi connectivity index (χ2v) is 6.21. The fourth-order valence-corrected chi connectivity index (χ4v) is 2.62. The monoisotopic (exact) mass is 290 g/mol. The topological polar surface area (TPSA) is 92.4 Å². The Hall–Kier alpha value is -1.18. The first-order valence-electron chi connectivity index (χ1n) is 6.01. The van der Waals surface area contributed by atoms with Gasteiger partial charge in [-0.25, -0.2) is 17.5 Å². The molecule has 1 rings (SSSR count). The fraction of sp³-hybridized carbons (Fsp3) is 0.500. The van der Waals surface area contributed by atoms with Crippen molar-refractivity contribution >= 4 is 15.7 Å². The molecule has 7 heteroatoms. The highest BCUT2D eigenvalue weighted by Crippen LogP contribution is 2.18. The highest BCUT2D eigenvalue weighted by Gasteiger charge is 2.25. The molecule has 0 radical (unpaired) electrons. The van der Waals surface area contributed by atoms with E-state index in [2.05, 4.69) is 4.72 Å². The highest BCUT2D eigenvalue weighted by molar-refractivity contribution is 7.89. The number of nitrogens with one attached hydrogen (secondary N) is 1. The van der Waals surface area contributed by atoms with Gasteiger partial charge in [-0.3, -0.25) is 0 Å². The van der Waals surface area contributed by atoms with Crippen LogP contribution in [0.15, 0.2) is 23.1 Å². The van der Waals surface area contributed by atoms with E-state index < -0.39 is 21.4 Å². The van der Waals surface area contributed by atoms with E-state index in [1.165, 1.54) is 12.1 Å². The van der Waals surface area contributed by atoms with Gasteiger partial charge in [0.15, 0.2) is 0 Å². The van der Waals surface area contributed by atoms with Crippen molar-refractivity contribution in [2.75, 3.05) is 12.3 Å². The first-order chi connectivity index (χ1) is 8.74. The zero-order valence-corrected chi connectivity index (χ0v) is 11.8. The lowest BCUT2D eigenvalue weighted by Gasteiger charge is -2.25. The molecule has 0 atom stereocenters. The lowest BCUT2D eigenvalue weighted by atomic mass is 9.98. The molecule has 0 aliphatic heterocycles. The summed E-state index contributed by atoms with van der Waals surface area (Å²) in [5, 5.41) is 10.0. The molecule has 0 aliphatic carbocycles. The number of nitrogens with two attached hydrogens (primary N) is 1. The molecule has 0 saturated carbocycles. The van der Waals surface area contributed by atoms with Gasteiger partial charge in [0, 0.05) is 6.54 Å². The van der Waals surface area contributed by atoms with Crippen molar-refractivity contribution in [3.63, 3.8) is 0 Å². The molecule has 0 aliphatic rings. The molecule has 0 aromatic heterocycles. The van der Waals surface area contributed by atoms with Gasteiger partial charge >= 0.3 is 0 Å². The molecule has 0 fully saturated rings. The van der Waals surface area contributed by atoms with Crippen LogP contribution in [0.4, 0.5) is 10.1 Å². The Labute approximate surface area is 112 Å². The minimum Gasteiger partial charge on any atom is -0.396 e. The molecule has 0 bridgehead atoms. The van der Waals surface area contributed by atoms with E-state index in [0.717, 1.165) is 6.07 Å². The van der Waals surface area contributed by atoms with E-state index in [4.69, 9.17) is 5.73 Å². The van der Waals surface area contributed by atoms with E-state index in [-0.39, 0.29) is 17.1 Å². The van der Waals surface area contributed by atoms with Crippen molar-refractivity contribution in [3.8, 4) is 0 Å². The van der Waals surface area contributed by atoms with Crippen LogP contribution in [0.1, 0.15) is 26.7 Å². The second kappa shape index (κ2) is 5.85. The molecular formula is C12H19FN2O3S. The van der Waals surface area contributed by atoms with Crippen LogP contribution < -0.4 is 10.5 Å². The van der Waals surface area contributed by atoms with Gasteiger partial charge in [0.05, 0.1) is 16.2 Å². The summed E-state index contributed by atoms with van der Waals surface area (Å²) in [5.41, 5.74) is 4.08. The molecule has 0 spiro atoms. The molecule has 1 aromatic rings. The first kappa shape index (κ1) is 15.9. The average molecular weight is 290 g/mol. The van der Waals surface area contributed by atoms with E-state index in [1.54, 1.807) is 13.8 Å². The molecule has 108 valence electrons. The Morgan fingerprint density at radius 1 is 1.37 bits per heavy atom. The minimum absolute atomic E-state index is 0.113. The third-order valence-corrected chi connectivity index (χ3v) is 4.59. The van der Waals surface area contributed by atoms with Crippen LogP contribution in [-0.4, -0.2) is 25.7 Å². The van der Waals surface area contributed by atoms with Gasteiger partial charge in [-0.05, 0) is 31.0 Å². The number of hydrogen-bond acceptors (Lipinski definition) is 4. The number of benzene rings is 1. The first-order valence-corrected chi connectivity index (χ1v) is 7.49. The SMILES string of the molecule is CCC(O)(CC)CNS(=O)(=O)c1ccc(N)c(F)c1. The maximum atomic E-state index is 13.2. The smallest absolute Gasteiger partial charge is 0.240 e. The highest BCUT2D eigenvalue weighted by atomic mass is 32.2. The maximum absolute atomic E-state index is 13.2. The quantitative estimate of drug-likeness (QED) is 0.687. The van der Waals surface area contributed by atoms with Gasteiger partial charge in [-0.2, -0.15) is 0 Å². The number of hydrogen-bond donors (Lipinski definition) is 3. The zero-order valence-electron chi connectivity index (χ0n) is 11.0. The third kappa shape index (κ3) is 3.89. The van der Waals surface area contributed by atoms with Crippen molar-refractivity contribution in [1.29, 1.82) is 0 Å². The van der Waals surface area contributed by atoms with Crippen LogP contribution in [0.5, 0.6) is 0 Å². The Balaban J connectivity index is 2.90. The van der Waals surface area contributed by atoms with Crippen LogP contribution in [0.3, 0.4) is 0 Å². The lowest BCUT2D eigenvalue weighted by Crippen LogP contribution is -2.41. The second-order valence-electron chi connectivity index (χ2n) is 4.44. The third-order valence-electron chi connectivity index (χ3n) is 3.19. The van der Waals surface area contributed by atoms with Crippen LogP contribution in [0.25, 0.3) is 0 Å². The zero-order chi connectivity index (χ0) is 14.7. The number of sulfonamides is 1. The molecule has 19 heavy (non-hydrogen) atoms. The summed E-state index contributed by atoms with van der Waals surface area (Å²) in [6.45, 7) is 3.41. The summed E-state index contributed by atoms with van der Waals surface area (Å²) < 4.78 is 39.4. The molecule has 0 unspecified atom stereocenters. The summed E-state index contributed by atoms with van der Waals surface area (Å²) in [6.07, 6.45) is 0.838. The standard InChI is InChI=1S/C12H19FN2O3S/c1-3-12(16,4-2)8-15-19(17,18)9-5-6-11(14)10(13)7-9/h5-7,15-16H,3-4,8,14H2,1-2H3. The largest absolute Gasteiger partial charge is 0.396 e. The average Bonchev–Trinajstić information content (AvgIpc) is 2.39. The summed E-state index contributed by atoms with van der Waals surface area (Å²) in [6, 6.07) is 3.27. The minimum atomic E-state index is -3.86. The van der Waals surface area contributed by atoms with E-state index >= 15 is 0 Å². The number of aliphatic hydroxyl groups is 1. The number of anilines is 1. The van der Waals surface area contributed by atoms with Crippen molar-refractivity contribution in [3.05, 3.63) is 24.0 Å². The van der Waals surface area contributed by atoms with Gasteiger partial charge in [-0.15, -0.1) is 0 Å². The van der Waals surface area contributed by atoms with Crippen LogP contribution >= 0.6 is 0 Å². The summed E-state index contributed by atoms with van der Waals surface area (Å²) in [5.74, 6) is -0.788. The number of halogens is 1. The van der Waals surface area contributed by atoms with Gasteiger partial charge < -0.3 is 10.8 Å². The Morgan fingerprint density at radius 2 is 1.95 bits per heavy atom. The molecule has 4 N–H and O–H groups in total.